The minimum absolute atomic E-state index is 0.219. The van der Waals surface area contributed by atoms with Gasteiger partial charge in [0.25, 0.3) is 5.56 Å². The van der Waals surface area contributed by atoms with E-state index in [1.54, 1.807) is 31.4 Å². The summed E-state index contributed by atoms with van der Waals surface area (Å²) in [5.41, 5.74) is 1.53. The summed E-state index contributed by atoms with van der Waals surface area (Å²) in [5.74, 6) is 0.908. The molecule has 1 unspecified atom stereocenters. The maximum absolute atomic E-state index is 13.4. The lowest BCUT2D eigenvalue weighted by Gasteiger charge is -2.25. The molecule has 1 aliphatic heterocycles. The number of hydrogen-bond acceptors (Lipinski definition) is 6. The Labute approximate surface area is 177 Å². The van der Waals surface area contributed by atoms with Crippen LogP contribution in [0.5, 0.6) is 0 Å². The molecule has 1 aliphatic rings. The van der Waals surface area contributed by atoms with E-state index in [0.29, 0.717) is 26.4 Å². The van der Waals surface area contributed by atoms with Crippen molar-refractivity contribution in [3.8, 4) is 0 Å². The number of carbonyl (C=O) groups excluding carboxylic acids is 1. The van der Waals surface area contributed by atoms with Crippen LogP contribution in [0.15, 0.2) is 67.9 Å². The highest BCUT2D eigenvalue weighted by Crippen LogP contribution is 2.30. The first-order chi connectivity index (χ1) is 14.3. The second-order valence-electron chi connectivity index (χ2n) is 7.39. The van der Waals surface area contributed by atoms with Gasteiger partial charge in [0.05, 0.1) is 27.9 Å². The van der Waals surface area contributed by atoms with Gasteiger partial charge in [-0.2, -0.15) is 0 Å². The summed E-state index contributed by atoms with van der Waals surface area (Å²) in [7, 11) is 0. The van der Waals surface area contributed by atoms with E-state index in [9.17, 15) is 9.59 Å². The maximum Gasteiger partial charge on any atom is 0.338 e. The number of carbonyl (C=O) groups is 1. The van der Waals surface area contributed by atoms with Gasteiger partial charge in [0, 0.05) is 6.08 Å². The third kappa shape index (κ3) is 3.68. The van der Waals surface area contributed by atoms with Crippen molar-refractivity contribution in [2.75, 3.05) is 0 Å². The molecule has 7 heteroatoms. The number of furan rings is 1. The number of aryl methyl sites for hydroxylation is 1. The SMILES string of the molecule is CC1=C(C(=O)OC(C)C)C(c2ccccc2)n2c(sc(=Cc3ccc(C)o3)c2=O)=N1. The molecule has 0 radical (unpaired) electrons. The Morgan fingerprint density at radius 2 is 1.93 bits per heavy atom. The van der Waals surface area contributed by atoms with Crippen LogP contribution in [0.2, 0.25) is 0 Å². The quantitative estimate of drug-likeness (QED) is 0.606. The molecule has 0 spiro atoms. The first-order valence-corrected chi connectivity index (χ1v) is 10.5. The first-order valence-electron chi connectivity index (χ1n) is 9.70. The van der Waals surface area contributed by atoms with Crippen LogP contribution in [-0.2, 0) is 9.53 Å². The van der Waals surface area contributed by atoms with Gasteiger partial charge in [-0.25, -0.2) is 9.79 Å². The zero-order valence-corrected chi connectivity index (χ0v) is 18.0. The molecule has 0 N–H and O–H groups in total. The van der Waals surface area contributed by atoms with Crippen LogP contribution in [0.4, 0.5) is 0 Å². The second kappa shape index (κ2) is 7.91. The van der Waals surface area contributed by atoms with Crippen molar-refractivity contribution in [1.82, 2.24) is 4.57 Å². The Morgan fingerprint density at radius 1 is 1.20 bits per heavy atom. The molecule has 0 saturated carbocycles. The van der Waals surface area contributed by atoms with Crippen molar-refractivity contribution in [3.63, 3.8) is 0 Å². The Hall–Kier alpha value is -3.19. The number of nitrogens with zero attached hydrogens (tertiary/aromatic N) is 2. The summed E-state index contributed by atoms with van der Waals surface area (Å²) in [6.07, 6.45) is 1.44. The zero-order chi connectivity index (χ0) is 21.4. The van der Waals surface area contributed by atoms with Gasteiger partial charge in [0.2, 0.25) is 0 Å². The van der Waals surface area contributed by atoms with Crippen LogP contribution in [0.1, 0.15) is 43.9 Å². The lowest BCUT2D eigenvalue weighted by atomic mass is 9.96. The lowest BCUT2D eigenvalue weighted by molar-refractivity contribution is -0.143. The maximum atomic E-state index is 13.4. The minimum Gasteiger partial charge on any atom is -0.462 e. The van der Waals surface area contributed by atoms with Crippen molar-refractivity contribution in [1.29, 1.82) is 0 Å². The number of esters is 1. The third-order valence-corrected chi connectivity index (χ3v) is 5.72. The van der Waals surface area contributed by atoms with Crippen LogP contribution in [0.25, 0.3) is 6.08 Å². The van der Waals surface area contributed by atoms with Gasteiger partial charge in [-0.3, -0.25) is 9.36 Å². The van der Waals surface area contributed by atoms with E-state index in [4.69, 9.17) is 9.15 Å². The number of hydrogen-bond donors (Lipinski definition) is 0. The number of rotatable bonds is 4. The lowest BCUT2D eigenvalue weighted by Crippen LogP contribution is -2.40. The van der Waals surface area contributed by atoms with Crippen molar-refractivity contribution in [2.45, 2.75) is 39.8 Å². The number of ether oxygens (including phenoxy) is 1. The van der Waals surface area contributed by atoms with Crippen LogP contribution in [0.3, 0.4) is 0 Å². The summed E-state index contributed by atoms with van der Waals surface area (Å²) >= 11 is 1.28. The molecule has 3 aromatic rings. The summed E-state index contributed by atoms with van der Waals surface area (Å²) in [6, 6.07) is 12.5. The Bertz CT molecular complexity index is 1310. The minimum atomic E-state index is -0.603. The smallest absolute Gasteiger partial charge is 0.338 e. The molecule has 3 heterocycles. The van der Waals surface area contributed by atoms with E-state index >= 15 is 0 Å². The summed E-state index contributed by atoms with van der Waals surface area (Å²) in [6.45, 7) is 7.22. The van der Waals surface area contributed by atoms with Gasteiger partial charge >= 0.3 is 5.97 Å². The average Bonchev–Trinajstić information content (AvgIpc) is 3.24. The largest absolute Gasteiger partial charge is 0.462 e. The molecule has 30 heavy (non-hydrogen) atoms. The summed E-state index contributed by atoms with van der Waals surface area (Å²) in [5, 5.41) is 0. The molecule has 4 rings (SSSR count). The van der Waals surface area contributed by atoms with Crippen LogP contribution in [-0.4, -0.2) is 16.6 Å². The molecular weight excluding hydrogens is 400 g/mol. The van der Waals surface area contributed by atoms with Crippen molar-refractivity contribution < 1.29 is 13.9 Å². The highest BCUT2D eigenvalue weighted by molar-refractivity contribution is 7.07. The average molecular weight is 423 g/mol. The molecule has 0 bridgehead atoms. The highest BCUT2D eigenvalue weighted by atomic mass is 32.1. The molecule has 0 aliphatic carbocycles. The molecule has 2 aromatic heterocycles. The van der Waals surface area contributed by atoms with Crippen molar-refractivity contribution >= 4 is 23.4 Å². The second-order valence-corrected chi connectivity index (χ2v) is 8.40. The van der Waals surface area contributed by atoms with Crippen LogP contribution < -0.4 is 14.9 Å². The van der Waals surface area contributed by atoms with Crippen molar-refractivity contribution in [2.24, 2.45) is 4.99 Å². The summed E-state index contributed by atoms with van der Waals surface area (Å²) in [4.78, 5) is 31.4. The first kappa shape index (κ1) is 20.1. The van der Waals surface area contributed by atoms with E-state index < -0.39 is 12.0 Å². The summed E-state index contributed by atoms with van der Waals surface area (Å²) < 4.78 is 13.1. The molecule has 1 atom stereocenters. The molecule has 0 amide bonds. The monoisotopic (exact) mass is 422 g/mol. The van der Waals surface area contributed by atoms with Gasteiger partial charge in [0.1, 0.15) is 11.5 Å². The topological polar surface area (TPSA) is 73.8 Å². The Kier molecular flexibility index (Phi) is 5.30. The molecule has 1 aromatic carbocycles. The predicted molar refractivity (Wildman–Crippen MR) is 115 cm³/mol. The molecule has 154 valence electrons. The van der Waals surface area contributed by atoms with E-state index in [-0.39, 0.29) is 11.7 Å². The van der Waals surface area contributed by atoms with E-state index in [2.05, 4.69) is 4.99 Å². The highest BCUT2D eigenvalue weighted by Gasteiger charge is 2.33. The standard InChI is InChI=1S/C23H22N2O4S/c1-13(2)28-22(27)19-15(4)24-23-25(20(19)16-8-6-5-7-9-16)21(26)18(30-23)12-17-11-10-14(3)29-17/h5-13,20H,1-4H3. The normalized spacial score (nSPS) is 16.6. The molecular formula is C23H22N2O4S. The van der Waals surface area contributed by atoms with Gasteiger partial charge in [-0.1, -0.05) is 41.7 Å². The fourth-order valence-electron chi connectivity index (χ4n) is 3.47. The van der Waals surface area contributed by atoms with E-state index in [0.717, 1.165) is 11.3 Å². The fraction of sp³-hybridized carbons (Fsp3) is 0.261. The zero-order valence-electron chi connectivity index (χ0n) is 17.2. The Morgan fingerprint density at radius 3 is 2.57 bits per heavy atom. The van der Waals surface area contributed by atoms with Gasteiger partial charge in [0.15, 0.2) is 4.80 Å². The van der Waals surface area contributed by atoms with Crippen LogP contribution >= 0.6 is 11.3 Å². The fourth-order valence-corrected chi connectivity index (χ4v) is 4.50. The molecule has 0 fully saturated rings. The molecule has 6 nitrogen and oxygen atoms in total. The number of fused-ring (bicyclic) bond motifs is 1. The van der Waals surface area contributed by atoms with Crippen LogP contribution in [0, 0.1) is 6.92 Å². The van der Waals surface area contributed by atoms with E-state index in [1.807, 2.05) is 49.4 Å². The van der Waals surface area contributed by atoms with Gasteiger partial charge in [-0.05, 0) is 45.4 Å². The number of thiazole rings is 1. The number of aromatic nitrogens is 1. The number of benzene rings is 1. The Balaban J connectivity index is 1.94. The number of allylic oxidation sites excluding steroid dienone is 1. The van der Waals surface area contributed by atoms with E-state index in [1.165, 1.54) is 11.3 Å². The predicted octanol–water partition coefficient (Wildman–Crippen LogP) is 3.09. The molecule has 0 saturated heterocycles. The third-order valence-electron chi connectivity index (χ3n) is 4.73. The van der Waals surface area contributed by atoms with Gasteiger partial charge in [-0.15, -0.1) is 0 Å². The van der Waals surface area contributed by atoms with Gasteiger partial charge < -0.3 is 9.15 Å². The van der Waals surface area contributed by atoms with Crippen molar-refractivity contribution in [3.05, 3.63) is 90.5 Å².